The Morgan fingerprint density at radius 1 is 1.33 bits per heavy atom. The Morgan fingerprint density at radius 2 is 2.13 bits per heavy atom. The Bertz CT molecular complexity index is 476. The highest BCUT2D eigenvalue weighted by Crippen LogP contribution is 2.28. The van der Waals surface area contributed by atoms with E-state index in [-0.39, 0.29) is 0 Å². The van der Waals surface area contributed by atoms with E-state index in [9.17, 15) is 0 Å². The normalized spacial score (nSPS) is 10.6. The van der Waals surface area contributed by atoms with Crippen molar-refractivity contribution < 1.29 is 0 Å². The molecule has 0 N–H and O–H groups in total. The second-order valence-electron chi connectivity index (χ2n) is 3.60. The van der Waals surface area contributed by atoms with Crippen molar-refractivity contribution in [3.05, 3.63) is 40.4 Å². The maximum absolute atomic E-state index is 5.74. The van der Waals surface area contributed by atoms with Gasteiger partial charge in [-0.05, 0) is 25.5 Å². The number of hydrogen-bond acceptors (Lipinski definition) is 2. The minimum absolute atomic E-state index is 0.487. The van der Waals surface area contributed by atoms with Gasteiger partial charge in [0.05, 0.1) is 11.6 Å². The number of halogens is 1. The average Bonchev–Trinajstić information content (AvgIpc) is 2.70. The van der Waals surface area contributed by atoms with Gasteiger partial charge in [0.25, 0.3) is 0 Å². The summed E-state index contributed by atoms with van der Waals surface area (Å²) in [5.74, 6) is 0.487. The number of hydrogen-bond donors (Lipinski definition) is 0. The van der Waals surface area contributed by atoms with Crippen LogP contribution in [0.4, 0.5) is 0 Å². The van der Waals surface area contributed by atoms with Crippen molar-refractivity contribution in [2.45, 2.75) is 19.7 Å². The number of rotatable bonds is 2. The number of benzene rings is 1. The van der Waals surface area contributed by atoms with E-state index < -0.39 is 0 Å². The molecule has 0 saturated heterocycles. The fourth-order valence-corrected chi connectivity index (χ4v) is 2.59. The second-order valence-corrected chi connectivity index (χ2v) is 4.72. The molecule has 0 saturated carbocycles. The van der Waals surface area contributed by atoms with Gasteiger partial charge in [0.15, 0.2) is 0 Å². The van der Waals surface area contributed by atoms with Crippen molar-refractivity contribution in [2.75, 3.05) is 0 Å². The Balaban J connectivity index is 2.48. The lowest BCUT2D eigenvalue weighted by Gasteiger charge is -2.03. The first-order valence-corrected chi connectivity index (χ1v) is 6.20. The van der Waals surface area contributed by atoms with E-state index >= 15 is 0 Å². The zero-order valence-electron chi connectivity index (χ0n) is 8.75. The first-order chi connectivity index (χ1) is 7.20. The quantitative estimate of drug-likeness (QED) is 0.715. The monoisotopic (exact) mass is 237 g/mol. The predicted molar refractivity (Wildman–Crippen MR) is 66.6 cm³/mol. The van der Waals surface area contributed by atoms with Crippen LogP contribution in [0.3, 0.4) is 0 Å². The zero-order valence-corrected chi connectivity index (χ0v) is 10.3. The number of nitrogens with zero attached hydrogens (tertiary/aromatic N) is 1. The molecule has 2 aromatic rings. The number of aryl methyl sites for hydroxylation is 2. The van der Waals surface area contributed by atoms with E-state index in [2.05, 4.69) is 37.0 Å². The van der Waals surface area contributed by atoms with Gasteiger partial charge in [0, 0.05) is 10.9 Å². The smallest absolute Gasteiger partial charge is 0.123 e. The lowest BCUT2D eigenvalue weighted by molar-refractivity contribution is 1.22. The van der Waals surface area contributed by atoms with Gasteiger partial charge in [0.2, 0.25) is 0 Å². The fraction of sp³-hybridized carbons (Fsp3) is 0.250. The summed E-state index contributed by atoms with van der Waals surface area (Å²) in [5, 5.41) is 3.08. The van der Waals surface area contributed by atoms with Crippen LogP contribution in [-0.2, 0) is 5.88 Å². The summed E-state index contributed by atoms with van der Waals surface area (Å²) < 4.78 is 0. The summed E-state index contributed by atoms with van der Waals surface area (Å²) in [7, 11) is 0. The van der Waals surface area contributed by atoms with Crippen LogP contribution in [0.25, 0.3) is 10.6 Å². The Hall–Kier alpha value is -0.860. The Kier molecular flexibility index (Phi) is 3.08. The summed E-state index contributed by atoms with van der Waals surface area (Å²) in [6, 6.07) is 6.42. The third-order valence-corrected chi connectivity index (χ3v) is 3.51. The molecule has 0 amide bonds. The maximum atomic E-state index is 5.74. The van der Waals surface area contributed by atoms with Gasteiger partial charge in [-0.15, -0.1) is 22.9 Å². The first-order valence-electron chi connectivity index (χ1n) is 4.78. The third kappa shape index (κ3) is 2.21. The molecule has 1 aromatic carbocycles. The summed E-state index contributed by atoms with van der Waals surface area (Å²) in [6.07, 6.45) is 0. The highest BCUT2D eigenvalue weighted by molar-refractivity contribution is 7.13. The van der Waals surface area contributed by atoms with Gasteiger partial charge >= 0.3 is 0 Å². The summed E-state index contributed by atoms with van der Waals surface area (Å²) in [6.45, 7) is 4.20. The maximum Gasteiger partial charge on any atom is 0.123 e. The highest BCUT2D eigenvalue weighted by atomic mass is 35.5. The van der Waals surface area contributed by atoms with Crippen LogP contribution in [0.5, 0.6) is 0 Å². The molecule has 1 heterocycles. The molecular formula is C12H12ClNS. The number of thiazole rings is 1. The van der Waals surface area contributed by atoms with Crippen molar-refractivity contribution in [1.29, 1.82) is 0 Å². The molecule has 0 aliphatic rings. The van der Waals surface area contributed by atoms with Gasteiger partial charge in [-0.25, -0.2) is 4.98 Å². The van der Waals surface area contributed by atoms with Crippen LogP contribution in [-0.4, -0.2) is 4.98 Å². The van der Waals surface area contributed by atoms with Crippen molar-refractivity contribution >= 4 is 22.9 Å². The molecule has 0 fully saturated rings. The number of aromatic nitrogens is 1. The third-order valence-electron chi connectivity index (χ3n) is 2.31. The van der Waals surface area contributed by atoms with Crippen LogP contribution in [0.2, 0.25) is 0 Å². The van der Waals surface area contributed by atoms with Crippen LogP contribution < -0.4 is 0 Å². The Morgan fingerprint density at radius 3 is 2.80 bits per heavy atom. The largest absolute Gasteiger partial charge is 0.240 e. The summed E-state index contributed by atoms with van der Waals surface area (Å²) in [5.41, 5.74) is 4.70. The molecule has 0 spiro atoms. The molecule has 0 radical (unpaired) electrons. The van der Waals surface area contributed by atoms with Gasteiger partial charge in [-0.3, -0.25) is 0 Å². The molecule has 2 rings (SSSR count). The lowest BCUT2D eigenvalue weighted by Crippen LogP contribution is -1.85. The van der Waals surface area contributed by atoms with E-state index in [0.717, 1.165) is 10.7 Å². The van der Waals surface area contributed by atoms with E-state index in [1.54, 1.807) is 11.3 Å². The molecular weight excluding hydrogens is 226 g/mol. The molecule has 3 heteroatoms. The molecule has 0 aliphatic carbocycles. The lowest BCUT2D eigenvalue weighted by atomic mass is 10.1. The Labute approximate surface area is 98.7 Å². The molecule has 1 nitrogen and oxygen atoms in total. The summed E-state index contributed by atoms with van der Waals surface area (Å²) in [4.78, 5) is 4.49. The van der Waals surface area contributed by atoms with Gasteiger partial charge in [0.1, 0.15) is 5.01 Å². The average molecular weight is 238 g/mol. The highest BCUT2D eigenvalue weighted by Gasteiger charge is 2.06. The minimum atomic E-state index is 0.487. The minimum Gasteiger partial charge on any atom is -0.240 e. The van der Waals surface area contributed by atoms with E-state index in [4.69, 9.17) is 11.6 Å². The first kappa shape index (κ1) is 10.7. The van der Waals surface area contributed by atoms with Crippen LogP contribution >= 0.6 is 22.9 Å². The SMILES string of the molecule is Cc1ccc(C)c(-c2nc(CCl)cs2)c1. The standard InChI is InChI=1S/C12H12ClNS/c1-8-3-4-9(2)11(5-8)12-14-10(6-13)7-15-12/h3-5,7H,6H2,1-2H3. The van der Waals surface area contributed by atoms with Crippen LogP contribution in [0.1, 0.15) is 16.8 Å². The van der Waals surface area contributed by atoms with Crippen molar-refractivity contribution in [2.24, 2.45) is 0 Å². The van der Waals surface area contributed by atoms with Crippen molar-refractivity contribution in [3.63, 3.8) is 0 Å². The summed E-state index contributed by atoms with van der Waals surface area (Å²) >= 11 is 7.40. The molecule has 0 bridgehead atoms. The van der Waals surface area contributed by atoms with Crippen LogP contribution in [0.15, 0.2) is 23.6 Å². The van der Waals surface area contributed by atoms with Crippen molar-refractivity contribution in [1.82, 2.24) is 4.98 Å². The van der Waals surface area contributed by atoms with E-state index in [0.29, 0.717) is 5.88 Å². The second kappa shape index (κ2) is 4.33. The fourth-order valence-electron chi connectivity index (χ4n) is 1.46. The van der Waals surface area contributed by atoms with Crippen LogP contribution in [0, 0.1) is 13.8 Å². The van der Waals surface area contributed by atoms with Gasteiger partial charge in [-0.2, -0.15) is 0 Å². The van der Waals surface area contributed by atoms with Gasteiger partial charge < -0.3 is 0 Å². The van der Waals surface area contributed by atoms with E-state index in [1.807, 2.05) is 5.38 Å². The molecule has 15 heavy (non-hydrogen) atoms. The van der Waals surface area contributed by atoms with Gasteiger partial charge in [-0.1, -0.05) is 17.7 Å². The molecule has 0 atom stereocenters. The number of alkyl halides is 1. The molecule has 0 unspecified atom stereocenters. The molecule has 0 aliphatic heterocycles. The topological polar surface area (TPSA) is 12.9 Å². The predicted octanol–water partition coefficient (Wildman–Crippen LogP) is 4.17. The molecule has 1 aromatic heterocycles. The zero-order chi connectivity index (χ0) is 10.8. The molecule has 78 valence electrons. The van der Waals surface area contributed by atoms with Crippen molar-refractivity contribution in [3.8, 4) is 10.6 Å². The van der Waals surface area contributed by atoms with E-state index in [1.165, 1.54) is 16.7 Å².